The molecule has 0 spiro atoms. The molecular weight excluding hydrogens is 202 g/mol. The van der Waals surface area contributed by atoms with Crippen LogP contribution >= 0.6 is 0 Å². The molecule has 88 valence electrons. The van der Waals surface area contributed by atoms with Crippen LogP contribution in [0.3, 0.4) is 0 Å². The number of ether oxygens (including phenoxy) is 1. The molecule has 0 bridgehead atoms. The first-order chi connectivity index (χ1) is 7.61. The van der Waals surface area contributed by atoms with Gasteiger partial charge in [-0.05, 0) is 19.9 Å². The summed E-state index contributed by atoms with van der Waals surface area (Å²) in [6.45, 7) is 6.89. The first-order valence-electron chi connectivity index (χ1n) is 5.76. The Morgan fingerprint density at radius 3 is 2.69 bits per heavy atom. The highest BCUT2D eigenvalue weighted by Crippen LogP contribution is 2.26. The minimum Gasteiger partial charge on any atom is -0.494 e. The van der Waals surface area contributed by atoms with E-state index in [4.69, 9.17) is 4.74 Å². The normalized spacial score (nSPS) is 19.2. The van der Waals surface area contributed by atoms with Crippen molar-refractivity contribution in [1.82, 2.24) is 4.90 Å². The lowest BCUT2D eigenvalue weighted by molar-refractivity contribution is -0.0873. The number of hydrogen-bond acceptors (Lipinski definition) is 3. The van der Waals surface area contributed by atoms with Crippen molar-refractivity contribution in [2.75, 3.05) is 19.7 Å². The molecule has 3 nitrogen and oxygen atoms in total. The molecule has 2 rings (SSSR count). The average Bonchev–Trinajstić information content (AvgIpc) is 2.18. The van der Waals surface area contributed by atoms with Crippen LogP contribution in [-0.4, -0.2) is 35.3 Å². The average molecular weight is 221 g/mol. The zero-order valence-electron chi connectivity index (χ0n) is 9.94. The van der Waals surface area contributed by atoms with Crippen LogP contribution in [0.1, 0.15) is 19.4 Å². The number of nitrogens with zero attached hydrogens (tertiary/aromatic N) is 1. The van der Waals surface area contributed by atoms with Crippen molar-refractivity contribution in [2.45, 2.75) is 26.0 Å². The largest absolute Gasteiger partial charge is 0.494 e. The van der Waals surface area contributed by atoms with Crippen molar-refractivity contribution in [3.8, 4) is 5.75 Å². The summed E-state index contributed by atoms with van der Waals surface area (Å²) in [7, 11) is 0. The molecule has 1 heterocycles. The van der Waals surface area contributed by atoms with Crippen LogP contribution < -0.4 is 4.74 Å². The van der Waals surface area contributed by atoms with Crippen molar-refractivity contribution in [1.29, 1.82) is 0 Å². The Morgan fingerprint density at radius 1 is 1.38 bits per heavy atom. The van der Waals surface area contributed by atoms with E-state index in [1.165, 1.54) is 5.56 Å². The van der Waals surface area contributed by atoms with E-state index in [1.54, 1.807) is 0 Å². The Hall–Kier alpha value is -1.06. The third kappa shape index (κ3) is 2.54. The molecule has 0 saturated carbocycles. The van der Waals surface area contributed by atoms with E-state index in [0.29, 0.717) is 6.61 Å². The predicted octanol–water partition coefficient (Wildman–Crippen LogP) is 1.65. The third-order valence-corrected chi connectivity index (χ3v) is 2.79. The van der Waals surface area contributed by atoms with E-state index >= 15 is 0 Å². The number of rotatable bonds is 4. The van der Waals surface area contributed by atoms with Gasteiger partial charge in [-0.1, -0.05) is 18.2 Å². The summed E-state index contributed by atoms with van der Waals surface area (Å²) in [5, 5.41) is 9.66. The Balaban J connectivity index is 1.99. The lowest BCUT2D eigenvalue weighted by atomic mass is 9.96. The van der Waals surface area contributed by atoms with E-state index in [9.17, 15) is 5.11 Å². The molecule has 1 fully saturated rings. The molecule has 1 aromatic carbocycles. The van der Waals surface area contributed by atoms with E-state index < -0.39 is 5.60 Å². The van der Waals surface area contributed by atoms with Crippen LogP contribution in [-0.2, 0) is 6.54 Å². The highest BCUT2D eigenvalue weighted by molar-refractivity contribution is 5.33. The number of likely N-dealkylation sites (tertiary alicyclic amines) is 1. The quantitative estimate of drug-likeness (QED) is 0.839. The molecule has 0 amide bonds. The Morgan fingerprint density at radius 2 is 2.06 bits per heavy atom. The molecule has 0 aromatic heterocycles. The summed E-state index contributed by atoms with van der Waals surface area (Å²) in [5.41, 5.74) is 0.695. The van der Waals surface area contributed by atoms with E-state index in [1.807, 2.05) is 32.0 Å². The van der Waals surface area contributed by atoms with Crippen molar-refractivity contribution >= 4 is 0 Å². The summed E-state index contributed by atoms with van der Waals surface area (Å²) in [6, 6.07) is 8.09. The van der Waals surface area contributed by atoms with E-state index in [2.05, 4.69) is 11.0 Å². The second-order valence-corrected chi connectivity index (χ2v) is 4.68. The number of aliphatic hydroxyl groups is 1. The maximum Gasteiger partial charge on any atom is 0.123 e. The second kappa shape index (κ2) is 4.44. The van der Waals surface area contributed by atoms with Gasteiger partial charge in [-0.15, -0.1) is 0 Å². The van der Waals surface area contributed by atoms with Crippen LogP contribution in [0.25, 0.3) is 0 Å². The summed E-state index contributed by atoms with van der Waals surface area (Å²) in [5.74, 6) is 0.955. The number of β-amino-alcohol motifs (C(OH)–C–C–N with tert-alkyl or cyclic N) is 1. The number of hydrogen-bond donors (Lipinski definition) is 1. The molecule has 0 atom stereocenters. The van der Waals surface area contributed by atoms with Gasteiger partial charge in [0.05, 0.1) is 12.2 Å². The van der Waals surface area contributed by atoms with E-state index in [0.717, 1.165) is 25.4 Å². The lowest BCUT2D eigenvalue weighted by Crippen LogP contribution is -2.59. The van der Waals surface area contributed by atoms with Crippen LogP contribution in [0, 0.1) is 0 Å². The second-order valence-electron chi connectivity index (χ2n) is 4.68. The van der Waals surface area contributed by atoms with Crippen molar-refractivity contribution < 1.29 is 9.84 Å². The molecule has 0 aliphatic carbocycles. The molecule has 0 unspecified atom stereocenters. The van der Waals surface area contributed by atoms with Crippen LogP contribution in [0.15, 0.2) is 24.3 Å². The molecular formula is C13H19NO2. The first kappa shape index (κ1) is 11.4. The molecule has 1 saturated heterocycles. The topological polar surface area (TPSA) is 32.7 Å². The fraction of sp³-hybridized carbons (Fsp3) is 0.538. The van der Waals surface area contributed by atoms with Gasteiger partial charge >= 0.3 is 0 Å². The highest BCUT2D eigenvalue weighted by Gasteiger charge is 2.36. The summed E-state index contributed by atoms with van der Waals surface area (Å²) in [6.07, 6.45) is 0. The van der Waals surface area contributed by atoms with Gasteiger partial charge < -0.3 is 9.84 Å². The maximum atomic E-state index is 9.66. The molecule has 0 radical (unpaired) electrons. The van der Waals surface area contributed by atoms with Crippen LogP contribution in [0.4, 0.5) is 0 Å². The molecule has 1 aromatic rings. The minimum atomic E-state index is -0.499. The zero-order valence-corrected chi connectivity index (χ0v) is 9.94. The third-order valence-electron chi connectivity index (χ3n) is 2.79. The van der Waals surface area contributed by atoms with E-state index in [-0.39, 0.29) is 0 Å². The molecule has 16 heavy (non-hydrogen) atoms. The van der Waals surface area contributed by atoms with Crippen molar-refractivity contribution in [3.05, 3.63) is 29.8 Å². The Kier molecular flexibility index (Phi) is 3.17. The van der Waals surface area contributed by atoms with Gasteiger partial charge in [0, 0.05) is 25.2 Å². The van der Waals surface area contributed by atoms with Gasteiger partial charge in [0.15, 0.2) is 0 Å². The van der Waals surface area contributed by atoms with Gasteiger partial charge in [0.1, 0.15) is 5.75 Å². The first-order valence-corrected chi connectivity index (χ1v) is 5.76. The monoisotopic (exact) mass is 221 g/mol. The highest BCUT2D eigenvalue weighted by atomic mass is 16.5. The fourth-order valence-corrected chi connectivity index (χ4v) is 2.20. The number of para-hydroxylation sites is 1. The molecule has 3 heteroatoms. The fourth-order valence-electron chi connectivity index (χ4n) is 2.20. The standard InChI is InChI=1S/C13H19NO2/c1-3-16-12-7-5-4-6-11(12)8-14-9-13(2,15)10-14/h4-7,15H,3,8-10H2,1-2H3. The summed E-state index contributed by atoms with van der Waals surface area (Å²) >= 11 is 0. The molecule has 1 N–H and O–H groups in total. The van der Waals surface area contributed by atoms with Crippen molar-refractivity contribution in [2.24, 2.45) is 0 Å². The lowest BCUT2D eigenvalue weighted by Gasteiger charge is -2.44. The molecule has 1 aliphatic rings. The van der Waals surface area contributed by atoms with Crippen LogP contribution in [0.2, 0.25) is 0 Å². The number of benzene rings is 1. The van der Waals surface area contributed by atoms with Gasteiger partial charge in [0.25, 0.3) is 0 Å². The summed E-state index contributed by atoms with van der Waals surface area (Å²) in [4.78, 5) is 2.22. The van der Waals surface area contributed by atoms with Gasteiger partial charge in [-0.25, -0.2) is 0 Å². The van der Waals surface area contributed by atoms with Crippen molar-refractivity contribution in [3.63, 3.8) is 0 Å². The predicted molar refractivity (Wildman–Crippen MR) is 63.5 cm³/mol. The molecule has 1 aliphatic heterocycles. The Bertz CT molecular complexity index is 355. The minimum absolute atomic E-state index is 0.499. The van der Waals surface area contributed by atoms with Crippen LogP contribution in [0.5, 0.6) is 5.75 Å². The Labute approximate surface area is 96.6 Å². The summed E-state index contributed by atoms with van der Waals surface area (Å²) < 4.78 is 5.57. The SMILES string of the molecule is CCOc1ccccc1CN1CC(C)(O)C1. The van der Waals surface area contributed by atoms with Gasteiger partial charge in [-0.2, -0.15) is 0 Å². The van der Waals surface area contributed by atoms with Gasteiger partial charge in [0.2, 0.25) is 0 Å². The smallest absolute Gasteiger partial charge is 0.123 e. The maximum absolute atomic E-state index is 9.66. The van der Waals surface area contributed by atoms with Gasteiger partial charge in [-0.3, -0.25) is 4.90 Å². The zero-order chi connectivity index (χ0) is 11.6.